The lowest BCUT2D eigenvalue weighted by molar-refractivity contribution is 0.0601. The zero-order valence-corrected chi connectivity index (χ0v) is 17.3. The summed E-state index contributed by atoms with van der Waals surface area (Å²) >= 11 is 0. The highest BCUT2D eigenvalue weighted by molar-refractivity contribution is 5.98. The molecule has 1 aliphatic carbocycles. The second-order valence-corrected chi connectivity index (χ2v) is 8.27. The number of imidazole rings is 1. The molecule has 30 heavy (non-hydrogen) atoms. The SMILES string of the molecule is COC(=O)c1ccc2nc(-c3cccc4ccccc34)n(CC3CCCCC3)c2c1. The molecule has 1 heterocycles. The normalized spacial score (nSPS) is 15.0. The molecule has 4 aromatic rings. The van der Waals surface area contributed by atoms with Crippen LogP contribution in [0, 0.1) is 5.92 Å². The molecule has 1 aliphatic rings. The summed E-state index contributed by atoms with van der Waals surface area (Å²) in [4.78, 5) is 17.2. The molecule has 0 unspecified atom stereocenters. The maximum atomic E-state index is 12.2. The van der Waals surface area contributed by atoms with E-state index < -0.39 is 0 Å². The van der Waals surface area contributed by atoms with Crippen LogP contribution in [0.4, 0.5) is 0 Å². The summed E-state index contributed by atoms with van der Waals surface area (Å²) in [5.74, 6) is 1.31. The zero-order valence-electron chi connectivity index (χ0n) is 17.3. The van der Waals surface area contributed by atoms with Crippen LogP contribution in [0.3, 0.4) is 0 Å². The van der Waals surface area contributed by atoms with Crippen molar-refractivity contribution in [2.24, 2.45) is 5.92 Å². The first-order valence-electron chi connectivity index (χ1n) is 10.8. The van der Waals surface area contributed by atoms with Crippen molar-refractivity contribution in [1.29, 1.82) is 0 Å². The van der Waals surface area contributed by atoms with Crippen LogP contribution in [0.5, 0.6) is 0 Å². The second-order valence-electron chi connectivity index (χ2n) is 8.27. The molecule has 0 amide bonds. The van der Waals surface area contributed by atoms with Crippen LogP contribution in [0.25, 0.3) is 33.2 Å². The summed E-state index contributed by atoms with van der Waals surface area (Å²) in [6, 6.07) is 20.5. The fourth-order valence-electron chi connectivity index (χ4n) is 4.81. The zero-order chi connectivity index (χ0) is 20.5. The standard InChI is InChI=1S/C26H26N2O2/c1-30-26(29)20-14-15-23-24(16-20)28(17-18-8-3-2-4-9-18)25(27-23)22-13-7-11-19-10-5-6-12-21(19)22/h5-7,10-16,18H,2-4,8-9,17H2,1H3. The van der Waals surface area contributed by atoms with E-state index in [4.69, 9.17) is 9.72 Å². The first-order chi connectivity index (χ1) is 14.7. The van der Waals surface area contributed by atoms with Crippen molar-refractivity contribution < 1.29 is 9.53 Å². The first kappa shape index (κ1) is 18.9. The molecule has 0 atom stereocenters. The van der Waals surface area contributed by atoms with Gasteiger partial charge in [-0.1, -0.05) is 61.7 Å². The molecule has 1 saturated carbocycles. The van der Waals surface area contributed by atoms with E-state index in [0.29, 0.717) is 11.5 Å². The van der Waals surface area contributed by atoms with Crippen molar-refractivity contribution in [1.82, 2.24) is 9.55 Å². The van der Waals surface area contributed by atoms with Crippen LogP contribution in [-0.4, -0.2) is 22.6 Å². The quantitative estimate of drug-likeness (QED) is 0.383. The van der Waals surface area contributed by atoms with Crippen molar-refractivity contribution in [3.63, 3.8) is 0 Å². The van der Waals surface area contributed by atoms with E-state index in [1.54, 1.807) is 6.07 Å². The fourth-order valence-corrected chi connectivity index (χ4v) is 4.81. The molecule has 0 saturated heterocycles. The largest absolute Gasteiger partial charge is 0.465 e. The number of nitrogens with zero attached hydrogens (tertiary/aromatic N) is 2. The third-order valence-electron chi connectivity index (χ3n) is 6.37. The van der Waals surface area contributed by atoms with Crippen LogP contribution >= 0.6 is 0 Å². The smallest absolute Gasteiger partial charge is 0.337 e. The Morgan fingerprint density at radius 3 is 2.67 bits per heavy atom. The van der Waals surface area contributed by atoms with E-state index in [1.807, 2.05) is 12.1 Å². The Labute approximate surface area is 176 Å². The van der Waals surface area contributed by atoms with Gasteiger partial charge in [0.1, 0.15) is 5.82 Å². The van der Waals surface area contributed by atoms with Gasteiger partial charge in [-0.05, 0) is 47.7 Å². The minimum Gasteiger partial charge on any atom is -0.465 e. The van der Waals surface area contributed by atoms with Crippen LogP contribution in [0.15, 0.2) is 60.7 Å². The Balaban J connectivity index is 1.71. The average molecular weight is 399 g/mol. The number of ether oxygens (including phenoxy) is 1. The van der Waals surface area contributed by atoms with Gasteiger partial charge in [0.25, 0.3) is 0 Å². The molecule has 1 aromatic heterocycles. The Kier molecular flexibility index (Phi) is 4.99. The lowest BCUT2D eigenvalue weighted by Crippen LogP contribution is -2.15. The molecule has 0 N–H and O–H groups in total. The number of aromatic nitrogens is 2. The molecule has 0 spiro atoms. The fraction of sp³-hybridized carbons (Fsp3) is 0.308. The number of fused-ring (bicyclic) bond motifs is 2. The molecule has 1 fully saturated rings. The lowest BCUT2D eigenvalue weighted by Gasteiger charge is -2.23. The third kappa shape index (κ3) is 3.36. The van der Waals surface area contributed by atoms with Gasteiger partial charge in [0, 0.05) is 12.1 Å². The van der Waals surface area contributed by atoms with Crippen molar-refractivity contribution in [2.45, 2.75) is 38.6 Å². The molecule has 4 heteroatoms. The van der Waals surface area contributed by atoms with Crippen molar-refractivity contribution >= 4 is 27.8 Å². The predicted molar refractivity (Wildman–Crippen MR) is 121 cm³/mol. The van der Waals surface area contributed by atoms with E-state index in [-0.39, 0.29) is 5.97 Å². The molecule has 0 radical (unpaired) electrons. The molecule has 0 aliphatic heterocycles. The van der Waals surface area contributed by atoms with Crippen LogP contribution in [0.1, 0.15) is 42.5 Å². The van der Waals surface area contributed by atoms with Gasteiger partial charge in [0.05, 0.1) is 23.7 Å². The van der Waals surface area contributed by atoms with Crippen molar-refractivity contribution in [2.75, 3.05) is 7.11 Å². The van der Waals surface area contributed by atoms with Gasteiger partial charge in [-0.2, -0.15) is 0 Å². The third-order valence-corrected chi connectivity index (χ3v) is 6.37. The summed E-state index contributed by atoms with van der Waals surface area (Å²) < 4.78 is 7.29. The van der Waals surface area contributed by atoms with Crippen LogP contribution in [-0.2, 0) is 11.3 Å². The number of benzene rings is 3. The number of carbonyl (C=O) groups excluding carboxylic acids is 1. The van der Waals surface area contributed by atoms with Gasteiger partial charge in [-0.25, -0.2) is 9.78 Å². The van der Waals surface area contributed by atoms with E-state index in [2.05, 4.69) is 47.0 Å². The molecule has 0 bridgehead atoms. The topological polar surface area (TPSA) is 44.1 Å². The number of hydrogen-bond donors (Lipinski definition) is 0. The highest BCUT2D eigenvalue weighted by Gasteiger charge is 2.21. The van der Waals surface area contributed by atoms with Gasteiger partial charge in [0.2, 0.25) is 0 Å². The van der Waals surface area contributed by atoms with E-state index in [9.17, 15) is 4.79 Å². The molecular weight excluding hydrogens is 372 g/mol. The average Bonchev–Trinajstić information content (AvgIpc) is 3.16. The highest BCUT2D eigenvalue weighted by Crippen LogP contribution is 2.34. The number of methoxy groups -OCH3 is 1. The highest BCUT2D eigenvalue weighted by atomic mass is 16.5. The van der Waals surface area contributed by atoms with Gasteiger partial charge in [-0.3, -0.25) is 0 Å². The van der Waals surface area contributed by atoms with Gasteiger partial charge in [0.15, 0.2) is 0 Å². The minimum atomic E-state index is -0.311. The number of hydrogen-bond acceptors (Lipinski definition) is 3. The number of rotatable bonds is 4. The Morgan fingerprint density at radius 1 is 1.03 bits per heavy atom. The Bertz CT molecular complexity index is 1210. The van der Waals surface area contributed by atoms with E-state index >= 15 is 0 Å². The maximum Gasteiger partial charge on any atom is 0.337 e. The summed E-state index contributed by atoms with van der Waals surface area (Å²) in [6.07, 6.45) is 6.45. The molecule has 5 rings (SSSR count). The Morgan fingerprint density at radius 2 is 1.83 bits per heavy atom. The van der Waals surface area contributed by atoms with Crippen LogP contribution in [0.2, 0.25) is 0 Å². The molecular formula is C26H26N2O2. The lowest BCUT2D eigenvalue weighted by atomic mass is 9.89. The monoisotopic (exact) mass is 398 g/mol. The minimum absolute atomic E-state index is 0.311. The Hall–Kier alpha value is -3.14. The second kappa shape index (κ2) is 7.94. The summed E-state index contributed by atoms with van der Waals surface area (Å²) in [5, 5.41) is 2.41. The summed E-state index contributed by atoms with van der Waals surface area (Å²) in [5.41, 5.74) is 3.63. The number of esters is 1. The summed E-state index contributed by atoms with van der Waals surface area (Å²) in [7, 11) is 1.42. The van der Waals surface area contributed by atoms with Crippen molar-refractivity contribution in [3.8, 4) is 11.4 Å². The molecule has 4 nitrogen and oxygen atoms in total. The van der Waals surface area contributed by atoms with Crippen LogP contribution < -0.4 is 0 Å². The van der Waals surface area contributed by atoms with Crippen molar-refractivity contribution in [3.05, 3.63) is 66.2 Å². The van der Waals surface area contributed by atoms with E-state index in [1.165, 1.54) is 50.0 Å². The van der Waals surface area contributed by atoms with E-state index in [0.717, 1.165) is 29.0 Å². The summed E-state index contributed by atoms with van der Waals surface area (Å²) in [6.45, 7) is 0.930. The first-order valence-corrected chi connectivity index (χ1v) is 10.8. The number of carbonyl (C=O) groups is 1. The van der Waals surface area contributed by atoms with Gasteiger partial charge < -0.3 is 9.30 Å². The van der Waals surface area contributed by atoms with Gasteiger partial charge >= 0.3 is 5.97 Å². The molecule has 3 aromatic carbocycles. The van der Waals surface area contributed by atoms with Gasteiger partial charge in [-0.15, -0.1) is 0 Å². The maximum absolute atomic E-state index is 12.2. The predicted octanol–water partition coefficient (Wildman–Crippen LogP) is 6.22. The molecule has 152 valence electrons.